The molecule has 0 aromatic heterocycles. The summed E-state index contributed by atoms with van der Waals surface area (Å²) in [6.07, 6.45) is 1.88. The third kappa shape index (κ3) is 5.41. The predicted octanol–water partition coefficient (Wildman–Crippen LogP) is 1.24. The lowest BCUT2D eigenvalue weighted by molar-refractivity contribution is -0.118. The molecule has 2 rings (SSSR count). The van der Waals surface area contributed by atoms with Crippen LogP contribution in [-0.2, 0) is 9.53 Å². The standard InChI is InChI=1S/C15H21FN2O3/c16-12-2-1-3-13(10-12)17-15(20)11-18-6-4-14(5-7-18)21-9-8-19/h1-3,10,14,19H,4-9,11H2,(H,17,20). The zero-order valence-electron chi connectivity index (χ0n) is 11.9. The van der Waals surface area contributed by atoms with Gasteiger partial charge in [-0.25, -0.2) is 4.39 Å². The number of likely N-dealkylation sites (tertiary alicyclic amines) is 1. The Morgan fingerprint density at radius 1 is 1.43 bits per heavy atom. The molecule has 1 heterocycles. The van der Waals surface area contributed by atoms with Crippen molar-refractivity contribution in [2.75, 3.05) is 38.2 Å². The number of amides is 1. The minimum absolute atomic E-state index is 0.0380. The van der Waals surface area contributed by atoms with E-state index in [1.807, 2.05) is 4.90 Å². The molecule has 1 saturated heterocycles. The highest BCUT2D eigenvalue weighted by Crippen LogP contribution is 2.14. The van der Waals surface area contributed by atoms with Crippen LogP contribution in [0.1, 0.15) is 12.8 Å². The molecule has 2 N–H and O–H groups in total. The Balaban J connectivity index is 1.72. The van der Waals surface area contributed by atoms with Gasteiger partial charge >= 0.3 is 0 Å². The molecule has 1 aromatic rings. The summed E-state index contributed by atoms with van der Waals surface area (Å²) >= 11 is 0. The lowest BCUT2D eigenvalue weighted by atomic mass is 10.1. The molecular formula is C15H21FN2O3. The van der Waals surface area contributed by atoms with Crippen LogP contribution in [0.5, 0.6) is 0 Å². The lowest BCUT2D eigenvalue weighted by Crippen LogP contribution is -2.41. The molecule has 6 heteroatoms. The van der Waals surface area contributed by atoms with Gasteiger partial charge in [0.25, 0.3) is 0 Å². The number of rotatable bonds is 6. The molecule has 1 amide bonds. The molecule has 1 aliphatic heterocycles. The molecule has 0 spiro atoms. The first-order valence-corrected chi connectivity index (χ1v) is 7.17. The van der Waals surface area contributed by atoms with E-state index >= 15 is 0 Å². The number of nitrogens with one attached hydrogen (secondary N) is 1. The normalized spacial score (nSPS) is 16.9. The van der Waals surface area contributed by atoms with E-state index in [0.717, 1.165) is 25.9 Å². The number of piperidine rings is 1. The quantitative estimate of drug-likeness (QED) is 0.829. The van der Waals surface area contributed by atoms with Gasteiger partial charge in [0.15, 0.2) is 0 Å². The molecule has 0 aliphatic carbocycles. The minimum atomic E-state index is -0.366. The maximum absolute atomic E-state index is 13.0. The molecule has 0 unspecified atom stereocenters. The number of carbonyl (C=O) groups excluding carboxylic acids is 1. The number of carbonyl (C=O) groups is 1. The van der Waals surface area contributed by atoms with Gasteiger partial charge < -0.3 is 15.2 Å². The van der Waals surface area contributed by atoms with Crippen molar-refractivity contribution < 1.29 is 19.0 Å². The Morgan fingerprint density at radius 2 is 2.19 bits per heavy atom. The Kier molecular flexibility index (Phi) is 6.10. The highest BCUT2D eigenvalue weighted by atomic mass is 19.1. The topological polar surface area (TPSA) is 61.8 Å². The summed E-state index contributed by atoms with van der Waals surface area (Å²) in [6, 6.07) is 5.87. The van der Waals surface area contributed by atoms with Crippen LogP contribution in [0.2, 0.25) is 0 Å². The molecule has 0 bridgehead atoms. The molecule has 0 radical (unpaired) electrons. The van der Waals surface area contributed by atoms with Gasteiger partial charge in [0.05, 0.1) is 25.9 Å². The van der Waals surface area contributed by atoms with Gasteiger partial charge in [0, 0.05) is 18.8 Å². The molecular weight excluding hydrogens is 275 g/mol. The number of hydrogen-bond acceptors (Lipinski definition) is 4. The number of anilines is 1. The van der Waals surface area contributed by atoms with Gasteiger partial charge in [-0.05, 0) is 31.0 Å². The fourth-order valence-electron chi connectivity index (χ4n) is 2.42. The number of aliphatic hydroxyl groups excluding tert-OH is 1. The Hall–Kier alpha value is -1.50. The van der Waals surface area contributed by atoms with Crippen molar-refractivity contribution in [1.29, 1.82) is 0 Å². The van der Waals surface area contributed by atoms with Crippen LogP contribution in [0, 0.1) is 5.82 Å². The van der Waals surface area contributed by atoms with Crippen LogP contribution in [0.25, 0.3) is 0 Å². The third-order valence-corrected chi connectivity index (χ3v) is 3.46. The van der Waals surface area contributed by atoms with Crippen molar-refractivity contribution in [1.82, 2.24) is 4.90 Å². The first-order chi connectivity index (χ1) is 10.2. The second-order valence-corrected chi connectivity index (χ2v) is 5.13. The van der Waals surface area contributed by atoms with Crippen molar-refractivity contribution in [2.45, 2.75) is 18.9 Å². The van der Waals surface area contributed by atoms with E-state index in [4.69, 9.17) is 9.84 Å². The third-order valence-electron chi connectivity index (χ3n) is 3.46. The van der Waals surface area contributed by atoms with E-state index in [-0.39, 0.29) is 24.4 Å². The fraction of sp³-hybridized carbons (Fsp3) is 0.533. The van der Waals surface area contributed by atoms with E-state index in [1.165, 1.54) is 12.1 Å². The van der Waals surface area contributed by atoms with Crippen LogP contribution in [0.3, 0.4) is 0 Å². The number of hydrogen-bond donors (Lipinski definition) is 2. The molecule has 1 aromatic carbocycles. The Morgan fingerprint density at radius 3 is 2.86 bits per heavy atom. The van der Waals surface area contributed by atoms with Gasteiger partial charge in [-0.2, -0.15) is 0 Å². The Bertz CT molecular complexity index is 462. The molecule has 5 nitrogen and oxygen atoms in total. The molecule has 1 aliphatic rings. The van der Waals surface area contributed by atoms with Crippen LogP contribution < -0.4 is 5.32 Å². The zero-order valence-corrected chi connectivity index (χ0v) is 11.9. The SMILES string of the molecule is O=C(CN1CCC(OCCO)CC1)Nc1cccc(F)c1. The molecule has 1 fully saturated rings. The van der Waals surface area contributed by atoms with Crippen LogP contribution >= 0.6 is 0 Å². The van der Waals surface area contributed by atoms with Gasteiger partial charge in [-0.1, -0.05) is 6.07 Å². The number of halogens is 1. The maximum Gasteiger partial charge on any atom is 0.238 e. The summed E-state index contributed by atoms with van der Waals surface area (Å²) in [6.45, 7) is 2.27. The largest absolute Gasteiger partial charge is 0.394 e. The van der Waals surface area contributed by atoms with Crippen LogP contribution in [0.15, 0.2) is 24.3 Å². The molecule has 116 valence electrons. The fourth-order valence-corrected chi connectivity index (χ4v) is 2.42. The number of aliphatic hydroxyl groups is 1. The van der Waals surface area contributed by atoms with E-state index < -0.39 is 0 Å². The van der Waals surface area contributed by atoms with Crippen molar-refractivity contribution >= 4 is 11.6 Å². The molecule has 0 atom stereocenters. The monoisotopic (exact) mass is 296 g/mol. The highest BCUT2D eigenvalue weighted by Gasteiger charge is 2.21. The second-order valence-electron chi connectivity index (χ2n) is 5.13. The summed E-state index contributed by atoms with van der Waals surface area (Å²) in [5.41, 5.74) is 0.473. The summed E-state index contributed by atoms with van der Waals surface area (Å²) in [5.74, 6) is -0.509. The van der Waals surface area contributed by atoms with E-state index in [1.54, 1.807) is 12.1 Å². The summed E-state index contributed by atoms with van der Waals surface area (Å²) in [7, 11) is 0. The number of nitrogens with zero attached hydrogens (tertiary/aromatic N) is 1. The van der Waals surface area contributed by atoms with Crippen LogP contribution in [0.4, 0.5) is 10.1 Å². The Labute approximate surface area is 123 Å². The average molecular weight is 296 g/mol. The summed E-state index contributed by atoms with van der Waals surface area (Å²) < 4.78 is 18.5. The van der Waals surface area contributed by atoms with Crippen molar-refractivity contribution in [3.8, 4) is 0 Å². The van der Waals surface area contributed by atoms with Gasteiger partial charge in [-0.15, -0.1) is 0 Å². The van der Waals surface area contributed by atoms with E-state index in [9.17, 15) is 9.18 Å². The second kappa shape index (κ2) is 8.07. The zero-order chi connectivity index (χ0) is 15.1. The molecule has 21 heavy (non-hydrogen) atoms. The molecule has 0 saturated carbocycles. The maximum atomic E-state index is 13.0. The van der Waals surface area contributed by atoms with E-state index in [0.29, 0.717) is 18.8 Å². The number of ether oxygens (including phenoxy) is 1. The smallest absolute Gasteiger partial charge is 0.238 e. The first kappa shape index (κ1) is 15.9. The highest BCUT2D eigenvalue weighted by molar-refractivity contribution is 5.92. The lowest BCUT2D eigenvalue weighted by Gasteiger charge is -2.31. The summed E-state index contributed by atoms with van der Waals surface area (Å²) in [4.78, 5) is 14.0. The van der Waals surface area contributed by atoms with E-state index in [2.05, 4.69) is 5.32 Å². The van der Waals surface area contributed by atoms with Crippen molar-refractivity contribution in [2.24, 2.45) is 0 Å². The van der Waals surface area contributed by atoms with Gasteiger partial charge in [0.2, 0.25) is 5.91 Å². The van der Waals surface area contributed by atoms with Crippen molar-refractivity contribution in [3.05, 3.63) is 30.1 Å². The van der Waals surface area contributed by atoms with Gasteiger partial charge in [-0.3, -0.25) is 9.69 Å². The predicted molar refractivity (Wildman–Crippen MR) is 77.5 cm³/mol. The van der Waals surface area contributed by atoms with Crippen molar-refractivity contribution in [3.63, 3.8) is 0 Å². The average Bonchev–Trinajstić information content (AvgIpc) is 2.46. The number of benzene rings is 1. The van der Waals surface area contributed by atoms with Gasteiger partial charge in [0.1, 0.15) is 5.82 Å². The minimum Gasteiger partial charge on any atom is -0.394 e. The first-order valence-electron chi connectivity index (χ1n) is 7.17. The van der Waals surface area contributed by atoms with Crippen LogP contribution in [-0.4, -0.2) is 54.9 Å². The summed E-state index contributed by atoms with van der Waals surface area (Å²) in [5, 5.41) is 11.4.